The van der Waals surface area contributed by atoms with Crippen LogP contribution in [-0.2, 0) is 4.79 Å². The number of anilines is 1. The number of carbonyl (C=O) groups excluding carboxylic acids is 2. The van der Waals surface area contributed by atoms with Gasteiger partial charge < -0.3 is 19.2 Å². The molecule has 1 aromatic heterocycles. The number of piperidine rings is 1. The van der Waals surface area contributed by atoms with Crippen LogP contribution < -0.4 is 4.90 Å². The zero-order chi connectivity index (χ0) is 25.8. The molecule has 3 heterocycles. The van der Waals surface area contributed by atoms with Crippen LogP contribution in [0, 0.1) is 12.8 Å². The Morgan fingerprint density at radius 2 is 1.54 bits per heavy atom. The molecule has 2 saturated heterocycles. The van der Waals surface area contributed by atoms with Crippen molar-refractivity contribution in [3.05, 3.63) is 71.6 Å². The van der Waals surface area contributed by atoms with E-state index in [1.807, 2.05) is 49.4 Å². The van der Waals surface area contributed by atoms with Crippen molar-refractivity contribution < 1.29 is 14.1 Å². The predicted molar refractivity (Wildman–Crippen MR) is 143 cm³/mol. The second-order valence-electron chi connectivity index (χ2n) is 10.0. The van der Waals surface area contributed by atoms with E-state index in [2.05, 4.69) is 34.1 Å². The Balaban J connectivity index is 1.14. The Bertz CT molecular complexity index is 1250. The van der Waals surface area contributed by atoms with Gasteiger partial charge in [0.2, 0.25) is 11.7 Å². The Morgan fingerprint density at radius 1 is 0.892 bits per heavy atom. The van der Waals surface area contributed by atoms with Crippen molar-refractivity contribution >= 4 is 23.6 Å². The van der Waals surface area contributed by atoms with Gasteiger partial charge in [0, 0.05) is 56.6 Å². The summed E-state index contributed by atoms with van der Waals surface area (Å²) in [5.41, 5.74) is 4.16. The van der Waals surface area contributed by atoms with E-state index in [1.54, 1.807) is 15.9 Å². The summed E-state index contributed by atoms with van der Waals surface area (Å²) in [6.07, 6.45) is 5.83. The van der Waals surface area contributed by atoms with E-state index in [0.717, 1.165) is 30.1 Å². The summed E-state index contributed by atoms with van der Waals surface area (Å²) in [4.78, 5) is 35.7. The average molecular weight is 500 g/mol. The average Bonchev–Trinajstić information content (AvgIpc) is 3.43. The topological polar surface area (TPSA) is 82.8 Å². The molecule has 2 amide bonds. The molecule has 2 aliphatic heterocycles. The first-order valence-electron chi connectivity index (χ1n) is 13.0. The SMILES string of the molecule is Cc1ccc(C=CC(=O)N2CCN(C(=O)c3nc(-c4ccc(N5CCC(C)CC5)cc4)no3)CC2)cc1. The van der Waals surface area contributed by atoms with E-state index in [0.29, 0.717) is 32.0 Å². The summed E-state index contributed by atoms with van der Waals surface area (Å²) in [6, 6.07) is 16.1. The Kier molecular flexibility index (Phi) is 7.35. The molecule has 0 spiro atoms. The molecule has 0 unspecified atom stereocenters. The highest BCUT2D eigenvalue weighted by Gasteiger charge is 2.27. The maximum atomic E-state index is 13.0. The Morgan fingerprint density at radius 3 is 2.22 bits per heavy atom. The molecule has 192 valence electrons. The second-order valence-corrected chi connectivity index (χ2v) is 10.0. The van der Waals surface area contributed by atoms with E-state index in [9.17, 15) is 9.59 Å². The van der Waals surface area contributed by atoms with Gasteiger partial charge in [-0.1, -0.05) is 41.9 Å². The number of aromatic nitrogens is 2. The number of carbonyl (C=O) groups is 2. The number of amides is 2. The molecule has 3 aromatic rings. The third-order valence-corrected chi connectivity index (χ3v) is 7.26. The van der Waals surface area contributed by atoms with Crippen molar-refractivity contribution in [1.82, 2.24) is 19.9 Å². The first kappa shape index (κ1) is 24.7. The third-order valence-electron chi connectivity index (χ3n) is 7.26. The molecule has 2 aliphatic rings. The minimum Gasteiger partial charge on any atom is -0.372 e. The highest BCUT2D eigenvalue weighted by molar-refractivity contribution is 5.93. The quantitative estimate of drug-likeness (QED) is 0.488. The van der Waals surface area contributed by atoms with Crippen LogP contribution in [0.4, 0.5) is 5.69 Å². The van der Waals surface area contributed by atoms with Crippen LogP contribution in [0.5, 0.6) is 0 Å². The number of benzene rings is 2. The largest absolute Gasteiger partial charge is 0.372 e. The monoisotopic (exact) mass is 499 g/mol. The van der Waals surface area contributed by atoms with E-state index in [4.69, 9.17) is 4.52 Å². The zero-order valence-corrected chi connectivity index (χ0v) is 21.5. The highest BCUT2D eigenvalue weighted by atomic mass is 16.5. The fourth-order valence-corrected chi connectivity index (χ4v) is 4.73. The van der Waals surface area contributed by atoms with Crippen LogP contribution in [0.3, 0.4) is 0 Å². The molecule has 0 bridgehead atoms. The summed E-state index contributed by atoms with van der Waals surface area (Å²) < 4.78 is 5.31. The molecule has 2 aromatic carbocycles. The number of piperazine rings is 1. The standard InChI is InChI=1S/C29H33N5O3/c1-21-3-5-23(6-4-21)7-12-26(35)33-17-19-34(20-18-33)29(36)28-30-27(31-37-28)24-8-10-25(11-9-24)32-15-13-22(2)14-16-32/h3-12,22H,13-20H2,1-2H3. The Labute approximate surface area is 217 Å². The molecule has 37 heavy (non-hydrogen) atoms. The molecule has 0 N–H and O–H groups in total. The van der Waals surface area contributed by atoms with Crippen LogP contribution in [0.25, 0.3) is 17.5 Å². The Hall–Kier alpha value is -3.94. The molecule has 0 radical (unpaired) electrons. The van der Waals surface area contributed by atoms with Gasteiger partial charge in [-0.2, -0.15) is 4.98 Å². The molecule has 8 nitrogen and oxygen atoms in total. The molecular formula is C29H33N5O3. The lowest BCUT2D eigenvalue weighted by atomic mass is 9.98. The summed E-state index contributed by atoms with van der Waals surface area (Å²) >= 11 is 0. The van der Waals surface area contributed by atoms with Crippen LogP contribution in [0.15, 0.2) is 59.1 Å². The van der Waals surface area contributed by atoms with Crippen molar-refractivity contribution in [2.75, 3.05) is 44.2 Å². The van der Waals surface area contributed by atoms with Crippen molar-refractivity contribution in [3.8, 4) is 11.4 Å². The van der Waals surface area contributed by atoms with Crippen molar-refractivity contribution in [3.63, 3.8) is 0 Å². The van der Waals surface area contributed by atoms with Crippen LogP contribution >= 0.6 is 0 Å². The number of aryl methyl sites for hydroxylation is 1. The van der Waals surface area contributed by atoms with Gasteiger partial charge in [0.15, 0.2) is 0 Å². The van der Waals surface area contributed by atoms with Crippen molar-refractivity contribution in [2.24, 2.45) is 5.92 Å². The maximum absolute atomic E-state index is 13.0. The fourth-order valence-electron chi connectivity index (χ4n) is 4.73. The molecule has 8 heteroatoms. The first-order valence-corrected chi connectivity index (χ1v) is 13.0. The normalized spacial score (nSPS) is 17.0. The minimum atomic E-state index is -0.305. The number of hydrogen-bond acceptors (Lipinski definition) is 6. The van der Waals surface area contributed by atoms with Gasteiger partial charge in [-0.15, -0.1) is 0 Å². The van der Waals surface area contributed by atoms with Crippen molar-refractivity contribution in [1.29, 1.82) is 0 Å². The minimum absolute atomic E-state index is 0.0249. The van der Waals surface area contributed by atoms with Gasteiger partial charge in [0.25, 0.3) is 0 Å². The van der Waals surface area contributed by atoms with Crippen LogP contribution in [0.2, 0.25) is 0 Å². The van der Waals surface area contributed by atoms with Gasteiger partial charge in [0.05, 0.1) is 0 Å². The maximum Gasteiger partial charge on any atom is 0.316 e. The zero-order valence-electron chi connectivity index (χ0n) is 21.5. The summed E-state index contributed by atoms with van der Waals surface area (Å²) in [5.74, 6) is 0.797. The molecule has 2 fully saturated rings. The summed E-state index contributed by atoms with van der Waals surface area (Å²) in [6.45, 7) is 8.24. The number of nitrogens with zero attached hydrogens (tertiary/aromatic N) is 5. The van der Waals surface area contributed by atoms with Crippen LogP contribution in [-0.4, -0.2) is 71.0 Å². The van der Waals surface area contributed by atoms with Crippen LogP contribution in [0.1, 0.15) is 41.6 Å². The van der Waals surface area contributed by atoms with Gasteiger partial charge >= 0.3 is 11.8 Å². The lowest BCUT2D eigenvalue weighted by molar-refractivity contribution is -0.127. The van der Waals surface area contributed by atoms with Crippen molar-refractivity contribution in [2.45, 2.75) is 26.7 Å². The smallest absolute Gasteiger partial charge is 0.316 e. The third kappa shape index (κ3) is 5.90. The molecular weight excluding hydrogens is 466 g/mol. The first-order chi connectivity index (χ1) is 18.0. The lowest BCUT2D eigenvalue weighted by Crippen LogP contribution is -2.50. The van der Waals surface area contributed by atoms with E-state index in [-0.39, 0.29) is 17.7 Å². The summed E-state index contributed by atoms with van der Waals surface area (Å²) in [5, 5.41) is 4.04. The van der Waals surface area contributed by atoms with Gasteiger partial charge in [0.1, 0.15) is 0 Å². The molecule has 0 aliphatic carbocycles. The summed E-state index contributed by atoms with van der Waals surface area (Å²) in [7, 11) is 0. The highest BCUT2D eigenvalue weighted by Crippen LogP contribution is 2.25. The lowest BCUT2D eigenvalue weighted by Gasteiger charge is -2.33. The fraction of sp³-hybridized carbons (Fsp3) is 0.379. The van der Waals surface area contributed by atoms with Gasteiger partial charge in [-0.05, 0) is 61.6 Å². The van der Waals surface area contributed by atoms with Gasteiger partial charge in [-0.3, -0.25) is 9.59 Å². The molecule has 0 saturated carbocycles. The van der Waals surface area contributed by atoms with E-state index < -0.39 is 0 Å². The van der Waals surface area contributed by atoms with E-state index in [1.165, 1.54) is 24.1 Å². The second kappa shape index (κ2) is 11.0. The van der Waals surface area contributed by atoms with Gasteiger partial charge in [-0.25, -0.2) is 0 Å². The predicted octanol–water partition coefficient (Wildman–Crippen LogP) is 4.28. The number of hydrogen-bond donors (Lipinski definition) is 0. The molecule has 5 rings (SSSR count). The number of rotatable bonds is 5. The molecule has 0 atom stereocenters. The van der Waals surface area contributed by atoms with E-state index >= 15 is 0 Å².